The van der Waals surface area contributed by atoms with E-state index in [0.29, 0.717) is 26.2 Å². The highest BCUT2D eigenvalue weighted by Gasteiger charge is 2.51. The Morgan fingerprint density at radius 2 is 2.17 bits per heavy atom. The minimum atomic E-state index is -2.78. The molecule has 0 saturated carbocycles. The van der Waals surface area contributed by atoms with Crippen molar-refractivity contribution in [3.05, 3.63) is 0 Å². The van der Waals surface area contributed by atoms with Gasteiger partial charge in [0.05, 0.1) is 4.87 Å². The molecule has 1 rings (SSSR count). The summed E-state index contributed by atoms with van der Waals surface area (Å²) in [7, 11) is -2.78. The van der Waals surface area contributed by atoms with Crippen LogP contribution in [0.5, 0.6) is 0 Å². The van der Waals surface area contributed by atoms with Crippen molar-refractivity contribution in [1.29, 1.82) is 0 Å². The van der Waals surface area contributed by atoms with Gasteiger partial charge in [-0.15, -0.1) is 0 Å². The third-order valence-electron chi connectivity index (χ3n) is 2.57. The van der Waals surface area contributed by atoms with Crippen LogP contribution in [-0.4, -0.2) is 50.3 Å². The largest absolute Gasteiger partial charge is 0.515 e. The van der Waals surface area contributed by atoms with Crippen LogP contribution in [-0.2, 0) is 18.1 Å². The lowest BCUT2D eigenvalue weighted by Gasteiger charge is -2.37. The van der Waals surface area contributed by atoms with Gasteiger partial charge in [-0.2, -0.15) is 0 Å². The number of thioether (sulfide) groups is 1. The molecule has 0 aromatic carbocycles. The number of aliphatic hydroxyl groups is 1. The fourth-order valence-corrected chi connectivity index (χ4v) is 6.63. The van der Waals surface area contributed by atoms with Gasteiger partial charge in [0.1, 0.15) is 0 Å². The monoisotopic (exact) mass is 294 g/mol. The first kappa shape index (κ1) is 16.1. The van der Waals surface area contributed by atoms with Gasteiger partial charge in [-0.25, -0.2) is 0 Å². The van der Waals surface area contributed by atoms with Gasteiger partial charge in [-0.1, -0.05) is 18.7 Å². The van der Waals surface area contributed by atoms with Crippen LogP contribution in [0.4, 0.5) is 0 Å². The van der Waals surface area contributed by atoms with E-state index in [-0.39, 0.29) is 16.6 Å². The summed E-state index contributed by atoms with van der Waals surface area (Å²) in [6.45, 7) is 5.30. The maximum absolute atomic E-state index is 11.3. The molecule has 1 aliphatic heterocycles. The van der Waals surface area contributed by atoms with Crippen molar-refractivity contribution < 1.29 is 23.2 Å². The molecule has 0 radical (unpaired) electrons. The van der Waals surface area contributed by atoms with E-state index >= 15 is 0 Å². The Bertz CT molecular complexity index is 258. The van der Waals surface area contributed by atoms with Crippen LogP contribution in [0.15, 0.2) is 0 Å². The molecule has 1 atom stereocenters. The topological polar surface area (TPSA) is 65.0 Å². The van der Waals surface area contributed by atoms with Crippen molar-refractivity contribution in [3.63, 3.8) is 0 Å². The molecule has 0 bridgehead atoms. The Morgan fingerprint density at radius 1 is 1.50 bits per heavy atom. The molecule has 1 aliphatic rings. The smallest absolute Gasteiger partial charge is 0.396 e. The second kappa shape index (κ2) is 8.29. The molecule has 0 spiro atoms. The Balaban J connectivity index is 2.69. The summed E-state index contributed by atoms with van der Waals surface area (Å²) in [4.78, 5) is 11.3. The first-order valence-electron chi connectivity index (χ1n) is 6.34. The molecule has 1 N–H and O–H groups in total. The van der Waals surface area contributed by atoms with E-state index in [1.807, 2.05) is 6.92 Å². The molecule has 0 aromatic heterocycles. The van der Waals surface area contributed by atoms with Gasteiger partial charge in [0, 0.05) is 33.4 Å². The van der Waals surface area contributed by atoms with Crippen molar-refractivity contribution in [2.24, 2.45) is 0 Å². The summed E-state index contributed by atoms with van der Waals surface area (Å²) in [5, 5.41) is 8.87. The van der Waals surface area contributed by atoms with E-state index in [1.165, 1.54) is 11.8 Å². The zero-order valence-electron chi connectivity index (χ0n) is 11.0. The van der Waals surface area contributed by atoms with Crippen LogP contribution in [0.25, 0.3) is 0 Å². The normalized spacial score (nSPS) is 20.6. The third-order valence-corrected chi connectivity index (χ3v) is 7.76. The Labute approximate surface area is 114 Å². The van der Waals surface area contributed by atoms with Gasteiger partial charge in [-0.05, 0) is 19.3 Å². The SMILES string of the molecule is CCC(SC(C)=O)[Si]1(OCCCO)OCCCO1. The molecular weight excluding hydrogens is 272 g/mol. The van der Waals surface area contributed by atoms with Crippen LogP contribution in [0.3, 0.4) is 0 Å². The van der Waals surface area contributed by atoms with Crippen molar-refractivity contribution >= 4 is 25.7 Å². The predicted octanol–water partition coefficient (Wildman–Crippen LogP) is 1.36. The van der Waals surface area contributed by atoms with Crippen LogP contribution >= 0.6 is 11.8 Å². The fourth-order valence-electron chi connectivity index (χ4n) is 1.78. The van der Waals surface area contributed by atoms with Gasteiger partial charge >= 0.3 is 8.80 Å². The maximum atomic E-state index is 11.3. The number of hydrogen-bond acceptors (Lipinski definition) is 6. The lowest BCUT2D eigenvalue weighted by atomic mass is 10.5. The molecule has 0 aliphatic carbocycles. The van der Waals surface area contributed by atoms with E-state index in [2.05, 4.69) is 0 Å². The second-order valence-electron chi connectivity index (χ2n) is 4.09. The summed E-state index contributed by atoms with van der Waals surface area (Å²) < 4.78 is 17.4. The van der Waals surface area contributed by atoms with Gasteiger partial charge < -0.3 is 18.4 Å². The van der Waals surface area contributed by atoms with E-state index in [1.54, 1.807) is 6.92 Å². The molecule has 18 heavy (non-hydrogen) atoms. The van der Waals surface area contributed by atoms with Crippen molar-refractivity contribution in [3.8, 4) is 0 Å². The lowest BCUT2D eigenvalue weighted by Crippen LogP contribution is -2.57. The molecule has 0 aromatic rings. The highest BCUT2D eigenvalue weighted by molar-refractivity contribution is 8.15. The summed E-state index contributed by atoms with van der Waals surface area (Å²) in [6.07, 6.45) is 2.19. The number of hydrogen-bond donors (Lipinski definition) is 1. The molecule has 1 unspecified atom stereocenters. The maximum Gasteiger partial charge on any atom is 0.515 e. The van der Waals surface area contributed by atoms with E-state index in [0.717, 1.165) is 12.8 Å². The highest BCUT2D eigenvalue weighted by atomic mass is 32.2. The molecule has 0 amide bonds. The summed E-state index contributed by atoms with van der Waals surface area (Å²) >= 11 is 1.25. The van der Waals surface area contributed by atoms with E-state index in [9.17, 15) is 4.79 Å². The van der Waals surface area contributed by atoms with Crippen LogP contribution in [0.2, 0.25) is 0 Å². The number of carbonyl (C=O) groups is 1. The summed E-state index contributed by atoms with van der Waals surface area (Å²) in [5.74, 6) is 0. The Kier molecular flexibility index (Phi) is 7.43. The van der Waals surface area contributed by atoms with Crippen LogP contribution < -0.4 is 0 Å². The first-order chi connectivity index (χ1) is 8.64. The fraction of sp³-hybridized carbons (Fsp3) is 0.909. The van der Waals surface area contributed by atoms with Gasteiger partial charge in [0.25, 0.3) is 0 Å². The van der Waals surface area contributed by atoms with E-state index < -0.39 is 8.80 Å². The van der Waals surface area contributed by atoms with Gasteiger partial charge in [0.15, 0.2) is 5.12 Å². The molecule has 106 valence electrons. The molecule has 1 fully saturated rings. The van der Waals surface area contributed by atoms with Gasteiger partial charge in [-0.3, -0.25) is 4.79 Å². The number of carbonyl (C=O) groups excluding carboxylic acids is 1. The summed E-state index contributed by atoms with van der Waals surface area (Å²) in [6, 6.07) is 0. The molecule has 1 heterocycles. The van der Waals surface area contributed by atoms with Crippen molar-refractivity contribution in [2.75, 3.05) is 26.4 Å². The van der Waals surface area contributed by atoms with Crippen molar-refractivity contribution in [2.45, 2.75) is 38.0 Å². The van der Waals surface area contributed by atoms with Crippen LogP contribution in [0.1, 0.15) is 33.1 Å². The molecular formula is C11H22O5SSi. The molecule has 1 saturated heterocycles. The number of rotatable bonds is 7. The summed E-state index contributed by atoms with van der Waals surface area (Å²) in [5.41, 5.74) is 0. The van der Waals surface area contributed by atoms with E-state index in [4.69, 9.17) is 18.4 Å². The molecule has 7 heteroatoms. The lowest BCUT2D eigenvalue weighted by molar-refractivity contribution is -0.109. The average Bonchev–Trinajstić information content (AvgIpc) is 2.37. The Morgan fingerprint density at radius 3 is 2.67 bits per heavy atom. The Hall–Kier alpha value is 0.0769. The zero-order valence-corrected chi connectivity index (χ0v) is 12.8. The highest BCUT2D eigenvalue weighted by Crippen LogP contribution is 2.31. The third kappa shape index (κ3) is 4.64. The first-order valence-corrected chi connectivity index (χ1v) is 9.02. The predicted molar refractivity (Wildman–Crippen MR) is 72.3 cm³/mol. The quantitative estimate of drug-likeness (QED) is 0.565. The number of aliphatic hydroxyl groups excluding tert-OH is 1. The minimum absolute atomic E-state index is 0.0472. The second-order valence-corrected chi connectivity index (χ2v) is 8.65. The standard InChI is InChI=1S/C11H22O5SSi/c1-3-11(17-10(2)13)18(14-7-4-6-12)15-8-5-9-16-18/h11-12H,3-9H2,1-2H3. The average molecular weight is 294 g/mol. The zero-order chi connectivity index (χ0) is 13.4. The molecule has 5 nitrogen and oxygen atoms in total. The minimum Gasteiger partial charge on any atom is -0.396 e. The van der Waals surface area contributed by atoms with Crippen LogP contribution in [0, 0.1) is 0 Å². The van der Waals surface area contributed by atoms with Crippen molar-refractivity contribution in [1.82, 2.24) is 0 Å². The van der Waals surface area contributed by atoms with Gasteiger partial charge in [0.2, 0.25) is 0 Å².